The van der Waals surface area contributed by atoms with Gasteiger partial charge < -0.3 is 14.8 Å². The predicted octanol–water partition coefficient (Wildman–Crippen LogP) is 4.10. The summed E-state index contributed by atoms with van der Waals surface area (Å²) < 4.78 is 23.7. The Morgan fingerprint density at radius 1 is 1.15 bits per heavy atom. The molecule has 0 aliphatic carbocycles. The van der Waals surface area contributed by atoms with Crippen LogP contribution >= 0.6 is 0 Å². The minimum atomic E-state index is -0.700. The molecule has 0 fully saturated rings. The smallest absolute Gasteiger partial charge is 0.412 e. The van der Waals surface area contributed by atoms with Crippen molar-refractivity contribution in [2.45, 2.75) is 26.4 Å². The van der Waals surface area contributed by atoms with Crippen LogP contribution < -0.4 is 10.6 Å². The number of aromatic nitrogens is 1. The van der Waals surface area contributed by atoms with Gasteiger partial charge in [0.25, 0.3) is 0 Å². The van der Waals surface area contributed by atoms with E-state index in [2.05, 4.69) is 20.4 Å². The summed E-state index contributed by atoms with van der Waals surface area (Å²) in [6, 6.07) is 8.78. The van der Waals surface area contributed by atoms with Crippen molar-refractivity contribution in [2.75, 3.05) is 17.7 Å². The van der Waals surface area contributed by atoms with Crippen molar-refractivity contribution in [1.82, 2.24) is 4.98 Å². The molecule has 2 rings (SSSR count). The van der Waals surface area contributed by atoms with E-state index in [4.69, 9.17) is 4.74 Å². The molecule has 1 amide bonds. The van der Waals surface area contributed by atoms with E-state index in [1.54, 1.807) is 32.9 Å². The predicted molar refractivity (Wildman–Crippen MR) is 95.1 cm³/mol. The van der Waals surface area contributed by atoms with Crippen LogP contribution in [0, 0.1) is 5.82 Å². The third-order valence-electron chi connectivity index (χ3n) is 3.00. The molecule has 2 N–H and O–H groups in total. The minimum Gasteiger partial charge on any atom is -0.464 e. The van der Waals surface area contributed by atoms with E-state index in [0.717, 1.165) is 0 Å². The maximum Gasteiger partial charge on any atom is 0.412 e. The molecule has 0 saturated heterocycles. The molecule has 0 bridgehead atoms. The first-order valence-corrected chi connectivity index (χ1v) is 7.80. The van der Waals surface area contributed by atoms with Crippen LogP contribution in [0.3, 0.4) is 0 Å². The second kappa shape index (κ2) is 7.81. The Morgan fingerprint density at radius 2 is 1.85 bits per heavy atom. The molecule has 0 aliphatic rings. The number of esters is 1. The molecule has 1 aromatic heterocycles. The van der Waals surface area contributed by atoms with Gasteiger partial charge in [-0.05, 0) is 39.0 Å². The van der Waals surface area contributed by atoms with Gasteiger partial charge in [0.05, 0.1) is 18.5 Å². The lowest BCUT2D eigenvalue weighted by Crippen LogP contribution is -2.27. The number of pyridine rings is 1. The van der Waals surface area contributed by atoms with E-state index in [1.807, 2.05) is 0 Å². The number of hydrogen-bond acceptors (Lipinski definition) is 6. The van der Waals surface area contributed by atoms with Crippen molar-refractivity contribution < 1.29 is 23.5 Å². The lowest BCUT2D eigenvalue weighted by molar-refractivity contribution is 0.0590. The third kappa shape index (κ3) is 5.44. The summed E-state index contributed by atoms with van der Waals surface area (Å²) >= 11 is 0. The summed E-state index contributed by atoms with van der Waals surface area (Å²) in [5.74, 6) is -1.03. The zero-order valence-electron chi connectivity index (χ0n) is 14.9. The molecule has 1 aromatic carbocycles. The number of amides is 1. The number of halogens is 1. The van der Waals surface area contributed by atoms with E-state index in [0.29, 0.717) is 0 Å². The van der Waals surface area contributed by atoms with E-state index in [-0.39, 0.29) is 22.9 Å². The molecule has 138 valence electrons. The molecule has 0 radical (unpaired) electrons. The number of carbonyl (C=O) groups is 2. The molecule has 0 atom stereocenters. The largest absolute Gasteiger partial charge is 0.464 e. The van der Waals surface area contributed by atoms with Gasteiger partial charge in [-0.3, -0.25) is 5.32 Å². The minimum absolute atomic E-state index is 0.0557. The maximum absolute atomic E-state index is 13.8. The summed E-state index contributed by atoms with van der Waals surface area (Å²) in [4.78, 5) is 27.9. The van der Waals surface area contributed by atoms with E-state index >= 15 is 0 Å². The van der Waals surface area contributed by atoms with Crippen molar-refractivity contribution in [3.8, 4) is 0 Å². The molecule has 0 spiro atoms. The Bertz CT molecular complexity index is 818. The van der Waals surface area contributed by atoms with Crippen molar-refractivity contribution in [2.24, 2.45) is 0 Å². The van der Waals surface area contributed by atoms with Crippen molar-refractivity contribution in [3.05, 3.63) is 47.9 Å². The van der Waals surface area contributed by atoms with Crippen LogP contribution in [-0.2, 0) is 9.47 Å². The number of carbonyl (C=O) groups excluding carboxylic acids is 2. The Kier molecular flexibility index (Phi) is 5.76. The summed E-state index contributed by atoms with van der Waals surface area (Å²) in [5, 5.41) is 5.28. The monoisotopic (exact) mass is 361 g/mol. The first-order valence-electron chi connectivity index (χ1n) is 7.80. The highest BCUT2D eigenvalue weighted by Gasteiger charge is 2.18. The topological polar surface area (TPSA) is 89.5 Å². The number of methoxy groups -OCH3 is 1. The Hall–Kier alpha value is -3.16. The molecular weight excluding hydrogens is 341 g/mol. The zero-order chi connectivity index (χ0) is 19.3. The van der Waals surface area contributed by atoms with E-state index < -0.39 is 23.5 Å². The van der Waals surface area contributed by atoms with Crippen LogP contribution in [0.25, 0.3) is 0 Å². The van der Waals surface area contributed by atoms with Gasteiger partial charge in [-0.2, -0.15) is 0 Å². The molecule has 8 heteroatoms. The van der Waals surface area contributed by atoms with Gasteiger partial charge in [0.1, 0.15) is 17.2 Å². The Morgan fingerprint density at radius 3 is 2.46 bits per heavy atom. The van der Waals surface area contributed by atoms with Gasteiger partial charge >= 0.3 is 12.1 Å². The molecule has 1 heterocycles. The highest BCUT2D eigenvalue weighted by Crippen LogP contribution is 2.22. The van der Waals surface area contributed by atoms with Gasteiger partial charge in [0.15, 0.2) is 5.69 Å². The normalized spacial score (nSPS) is 10.8. The maximum atomic E-state index is 13.8. The number of rotatable bonds is 4. The lowest BCUT2D eigenvalue weighted by Gasteiger charge is -2.20. The molecular formula is C18H20FN3O4. The fraction of sp³-hybridized carbons (Fsp3) is 0.278. The van der Waals surface area contributed by atoms with Crippen LogP contribution in [0.15, 0.2) is 36.4 Å². The second-order valence-electron chi connectivity index (χ2n) is 6.35. The van der Waals surface area contributed by atoms with Gasteiger partial charge in [0, 0.05) is 6.07 Å². The number of anilines is 3. The highest BCUT2D eigenvalue weighted by atomic mass is 19.1. The van der Waals surface area contributed by atoms with Crippen molar-refractivity contribution >= 4 is 29.3 Å². The molecule has 0 saturated carbocycles. The van der Waals surface area contributed by atoms with Gasteiger partial charge in [0.2, 0.25) is 0 Å². The van der Waals surface area contributed by atoms with Crippen LogP contribution in [0.4, 0.5) is 26.4 Å². The number of benzene rings is 1. The number of hydrogen-bond donors (Lipinski definition) is 2. The fourth-order valence-electron chi connectivity index (χ4n) is 2.00. The fourth-order valence-corrected chi connectivity index (χ4v) is 2.00. The lowest BCUT2D eigenvalue weighted by atomic mass is 10.2. The summed E-state index contributed by atoms with van der Waals surface area (Å²) in [6.45, 7) is 5.18. The summed E-state index contributed by atoms with van der Waals surface area (Å²) in [7, 11) is 1.21. The van der Waals surface area contributed by atoms with Crippen molar-refractivity contribution in [3.63, 3.8) is 0 Å². The van der Waals surface area contributed by atoms with E-state index in [9.17, 15) is 14.0 Å². The standard InChI is InChI=1S/C18H20FN3O4/c1-18(2,3)26-17(24)20-11-9-14(16(23)25-4)22-15(10-11)21-13-8-6-5-7-12(13)19/h5-10H,1-4H3,(H2,20,21,22,24). The first kappa shape index (κ1) is 19.2. The quantitative estimate of drug-likeness (QED) is 0.797. The molecule has 26 heavy (non-hydrogen) atoms. The molecule has 0 unspecified atom stereocenters. The van der Waals surface area contributed by atoms with Crippen LogP contribution in [-0.4, -0.2) is 29.8 Å². The van der Waals surface area contributed by atoms with E-state index in [1.165, 1.54) is 31.4 Å². The second-order valence-corrected chi connectivity index (χ2v) is 6.35. The summed E-state index contributed by atoms with van der Waals surface area (Å²) in [5.41, 5.74) is -0.324. The van der Waals surface area contributed by atoms with Gasteiger partial charge in [-0.15, -0.1) is 0 Å². The van der Waals surface area contributed by atoms with Gasteiger partial charge in [-0.25, -0.2) is 19.0 Å². The van der Waals surface area contributed by atoms with Crippen LogP contribution in [0.2, 0.25) is 0 Å². The van der Waals surface area contributed by atoms with Crippen molar-refractivity contribution in [1.29, 1.82) is 0 Å². The average Bonchev–Trinajstić information content (AvgIpc) is 2.54. The SMILES string of the molecule is COC(=O)c1cc(NC(=O)OC(C)(C)C)cc(Nc2ccccc2F)n1. The zero-order valence-corrected chi connectivity index (χ0v) is 14.9. The Labute approximate surface area is 150 Å². The highest BCUT2D eigenvalue weighted by molar-refractivity contribution is 5.92. The molecule has 0 aliphatic heterocycles. The summed E-state index contributed by atoms with van der Waals surface area (Å²) in [6.07, 6.45) is -0.698. The number of ether oxygens (including phenoxy) is 2. The third-order valence-corrected chi connectivity index (χ3v) is 3.00. The Balaban J connectivity index is 2.31. The number of nitrogens with one attached hydrogen (secondary N) is 2. The number of para-hydroxylation sites is 1. The average molecular weight is 361 g/mol. The van der Waals surface area contributed by atoms with Crippen LogP contribution in [0.1, 0.15) is 31.3 Å². The van der Waals surface area contributed by atoms with Gasteiger partial charge in [-0.1, -0.05) is 12.1 Å². The van der Waals surface area contributed by atoms with Crippen LogP contribution in [0.5, 0.6) is 0 Å². The number of nitrogens with zero attached hydrogens (tertiary/aromatic N) is 1. The first-order chi connectivity index (χ1) is 12.2. The molecule has 7 nitrogen and oxygen atoms in total. The molecule has 2 aromatic rings.